The molecular weight excluding hydrogens is 291 g/mol. The monoisotopic (exact) mass is 314 g/mol. The second-order valence-corrected chi connectivity index (χ2v) is 5.94. The lowest BCUT2D eigenvalue weighted by Gasteiger charge is -2.20. The van der Waals surface area contributed by atoms with E-state index in [2.05, 4.69) is 10.6 Å². The van der Waals surface area contributed by atoms with Gasteiger partial charge in [-0.25, -0.2) is 9.18 Å². The number of halogens is 1. The number of anilines is 1. The van der Waals surface area contributed by atoms with Crippen molar-refractivity contribution in [2.45, 2.75) is 38.6 Å². The van der Waals surface area contributed by atoms with E-state index in [0.717, 1.165) is 6.07 Å². The second-order valence-electron chi connectivity index (χ2n) is 5.94. The normalized spacial score (nSPS) is 14.3. The van der Waals surface area contributed by atoms with Gasteiger partial charge in [0.05, 0.1) is 11.8 Å². The van der Waals surface area contributed by atoms with Crippen LogP contribution in [0.15, 0.2) is 18.2 Å². The molecule has 1 aromatic rings. The lowest BCUT2D eigenvalue weighted by molar-refractivity contribution is 0.0201. The highest BCUT2D eigenvalue weighted by atomic mass is 19.1. The highest BCUT2D eigenvalue weighted by Crippen LogP contribution is 2.23. The Hall–Kier alpha value is -1.70. The second kappa shape index (κ2) is 7.53. The third kappa shape index (κ3) is 5.59. The third-order valence-electron chi connectivity index (χ3n) is 2.75. The minimum Gasteiger partial charge on any atom is -0.444 e. The van der Waals surface area contributed by atoms with Crippen molar-refractivity contribution in [2.75, 3.05) is 18.9 Å². The quantitative estimate of drug-likeness (QED) is 0.665. The lowest BCUT2D eigenvalue weighted by atomic mass is 10.0. The molecule has 0 saturated heterocycles. The maximum atomic E-state index is 14.0. The first-order valence-electron chi connectivity index (χ1n) is 6.94. The van der Waals surface area contributed by atoms with Crippen LogP contribution >= 0.6 is 0 Å². The van der Waals surface area contributed by atoms with Gasteiger partial charge in [-0.1, -0.05) is 6.07 Å². The van der Waals surface area contributed by atoms with Crippen LogP contribution in [-0.4, -0.2) is 41.6 Å². The largest absolute Gasteiger partial charge is 0.444 e. The van der Waals surface area contributed by atoms with Gasteiger partial charge in [0.2, 0.25) is 0 Å². The van der Waals surface area contributed by atoms with Gasteiger partial charge in [0.25, 0.3) is 0 Å². The molecule has 124 valence electrons. The predicted octanol–water partition coefficient (Wildman–Crippen LogP) is 1.79. The summed E-state index contributed by atoms with van der Waals surface area (Å²) in [6, 6.07) is 3.81. The van der Waals surface area contributed by atoms with E-state index < -0.39 is 29.7 Å². The Kier molecular flexibility index (Phi) is 6.28. The number of aliphatic hydroxyl groups is 2. The molecule has 0 aliphatic heterocycles. The summed E-state index contributed by atoms with van der Waals surface area (Å²) in [6.45, 7) is 5.27. The van der Waals surface area contributed by atoms with Crippen LogP contribution in [0.2, 0.25) is 0 Å². The maximum Gasteiger partial charge on any atom is 0.412 e. The van der Waals surface area contributed by atoms with E-state index in [4.69, 9.17) is 4.74 Å². The average Bonchev–Trinajstić information content (AvgIpc) is 2.38. The minimum atomic E-state index is -1.22. The molecule has 0 heterocycles. The summed E-state index contributed by atoms with van der Waals surface area (Å²) < 4.78 is 19.0. The fourth-order valence-electron chi connectivity index (χ4n) is 1.77. The summed E-state index contributed by atoms with van der Waals surface area (Å²) >= 11 is 0. The van der Waals surface area contributed by atoms with Gasteiger partial charge in [0, 0.05) is 6.54 Å². The van der Waals surface area contributed by atoms with Crippen LogP contribution in [0.4, 0.5) is 14.9 Å². The third-order valence-corrected chi connectivity index (χ3v) is 2.75. The number of rotatable bonds is 5. The molecule has 1 aromatic carbocycles. The van der Waals surface area contributed by atoms with Crippen LogP contribution in [0, 0.1) is 5.82 Å². The molecule has 22 heavy (non-hydrogen) atoms. The number of carbonyl (C=O) groups excluding carboxylic acids is 1. The van der Waals surface area contributed by atoms with Crippen LogP contribution in [-0.2, 0) is 4.74 Å². The standard InChI is InChI=1S/C15H23FN2O4/c1-15(2,3)22-14(21)18-11-6-5-9(7-10(11)16)13(20)12(19)8-17-4/h5-7,12-13,17,19-20H,8H2,1-4H3,(H,18,21). The van der Waals surface area contributed by atoms with E-state index in [-0.39, 0.29) is 17.8 Å². The molecule has 0 aliphatic carbocycles. The van der Waals surface area contributed by atoms with Crippen molar-refractivity contribution in [3.05, 3.63) is 29.6 Å². The molecule has 0 bridgehead atoms. The summed E-state index contributed by atoms with van der Waals surface area (Å²) in [5, 5.41) is 24.6. The number of aliphatic hydroxyl groups excluding tert-OH is 2. The van der Waals surface area contributed by atoms with E-state index in [9.17, 15) is 19.4 Å². The minimum absolute atomic E-state index is 0.0618. The molecule has 1 amide bonds. The van der Waals surface area contributed by atoms with Crippen molar-refractivity contribution in [3.63, 3.8) is 0 Å². The summed E-state index contributed by atoms with van der Waals surface area (Å²) in [5.41, 5.74) is -0.531. The molecule has 0 radical (unpaired) electrons. The zero-order chi connectivity index (χ0) is 16.9. The first kappa shape index (κ1) is 18.3. The molecule has 7 heteroatoms. The number of amides is 1. The van der Waals surface area contributed by atoms with Gasteiger partial charge in [-0.2, -0.15) is 0 Å². The number of hydrogen-bond acceptors (Lipinski definition) is 5. The molecular formula is C15H23FN2O4. The number of carbonyl (C=O) groups is 1. The topological polar surface area (TPSA) is 90.8 Å². The molecule has 1 rings (SSSR count). The van der Waals surface area contributed by atoms with E-state index in [0.29, 0.717) is 0 Å². The fraction of sp³-hybridized carbons (Fsp3) is 0.533. The summed E-state index contributed by atoms with van der Waals surface area (Å²) in [4.78, 5) is 11.6. The summed E-state index contributed by atoms with van der Waals surface area (Å²) in [7, 11) is 1.63. The van der Waals surface area contributed by atoms with Crippen LogP contribution < -0.4 is 10.6 Å². The van der Waals surface area contributed by atoms with Gasteiger partial charge in [-0.3, -0.25) is 5.32 Å². The Morgan fingerprint density at radius 2 is 2.00 bits per heavy atom. The molecule has 0 saturated carbocycles. The van der Waals surface area contributed by atoms with Gasteiger partial charge in [0.1, 0.15) is 17.5 Å². The van der Waals surface area contributed by atoms with Crippen molar-refractivity contribution in [2.24, 2.45) is 0 Å². The molecule has 6 nitrogen and oxygen atoms in total. The van der Waals surface area contributed by atoms with Gasteiger partial charge in [0.15, 0.2) is 0 Å². The SMILES string of the molecule is CNCC(O)C(O)c1ccc(NC(=O)OC(C)(C)C)c(F)c1. The molecule has 0 aliphatic rings. The van der Waals surface area contributed by atoms with Gasteiger partial charge >= 0.3 is 6.09 Å². The number of hydrogen-bond donors (Lipinski definition) is 4. The zero-order valence-electron chi connectivity index (χ0n) is 13.2. The van der Waals surface area contributed by atoms with Gasteiger partial charge < -0.3 is 20.3 Å². The summed E-state index contributed by atoms with van der Waals surface area (Å²) in [5.74, 6) is -0.723. The van der Waals surface area contributed by atoms with Crippen molar-refractivity contribution in [1.29, 1.82) is 0 Å². The molecule has 2 atom stereocenters. The fourth-order valence-corrected chi connectivity index (χ4v) is 1.77. The van der Waals surface area contributed by atoms with Crippen molar-refractivity contribution in [1.82, 2.24) is 5.32 Å². The number of likely N-dealkylation sites (N-methyl/N-ethyl adjacent to an activating group) is 1. The van der Waals surface area contributed by atoms with Crippen LogP contribution in [0.3, 0.4) is 0 Å². The van der Waals surface area contributed by atoms with Gasteiger partial charge in [-0.05, 0) is 45.5 Å². The number of benzene rings is 1. The smallest absolute Gasteiger partial charge is 0.412 e. The Morgan fingerprint density at radius 1 is 1.36 bits per heavy atom. The van der Waals surface area contributed by atoms with E-state index in [1.54, 1.807) is 27.8 Å². The average molecular weight is 314 g/mol. The van der Waals surface area contributed by atoms with Crippen LogP contribution in [0.5, 0.6) is 0 Å². The molecule has 0 spiro atoms. The zero-order valence-corrected chi connectivity index (χ0v) is 13.2. The molecule has 2 unspecified atom stereocenters. The Balaban J connectivity index is 2.79. The Morgan fingerprint density at radius 3 is 2.50 bits per heavy atom. The highest BCUT2D eigenvalue weighted by molar-refractivity contribution is 5.85. The first-order chi connectivity index (χ1) is 10.1. The number of ether oxygens (including phenoxy) is 1. The van der Waals surface area contributed by atoms with E-state index in [1.807, 2.05) is 0 Å². The van der Waals surface area contributed by atoms with E-state index in [1.165, 1.54) is 12.1 Å². The van der Waals surface area contributed by atoms with Gasteiger partial charge in [-0.15, -0.1) is 0 Å². The Labute approximate surface area is 129 Å². The highest BCUT2D eigenvalue weighted by Gasteiger charge is 2.20. The van der Waals surface area contributed by atoms with Crippen molar-refractivity contribution in [3.8, 4) is 0 Å². The van der Waals surface area contributed by atoms with Crippen LogP contribution in [0.25, 0.3) is 0 Å². The number of nitrogens with one attached hydrogen (secondary N) is 2. The molecule has 0 aromatic heterocycles. The lowest BCUT2D eigenvalue weighted by Crippen LogP contribution is -2.29. The summed E-state index contributed by atoms with van der Waals surface area (Å²) in [6.07, 6.45) is -3.05. The van der Waals surface area contributed by atoms with E-state index >= 15 is 0 Å². The Bertz CT molecular complexity index is 517. The first-order valence-corrected chi connectivity index (χ1v) is 6.94. The predicted molar refractivity (Wildman–Crippen MR) is 81.2 cm³/mol. The molecule has 0 fully saturated rings. The maximum absolute atomic E-state index is 14.0. The molecule has 4 N–H and O–H groups in total. The van der Waals surface area contributed by atoms with Crippen molar-refractivity contribution < 1.29 is 24.1 Å². The van der Waals surface area contributed by atoms with Crippen LogP contribution in [0.1, 0.15) is 32.4 Å². The van der Waals surface area contributed by atoms with Crippen molar-refractivity contribution >= 4 is 11.8 Å².